The summed E-state index contributed by atoms with van der Waals surface area (Å²) in [6.07, 6.45) is 3.81. The molecule has 0 aliphatic rings. The van der Waals surface area contributed by atoms with Crippen LogP contribution in [0.2, 0.25) is 0 Å². The molecule has 4 heteroatoms. The lowest BCUT2D eigenvalue weighted by molar-refractivity contribution is 0.0591. The van der Waals surface area contributed by atoms with Crippen LogP contribution in [0.4, 0.5) is 0 Å². The van der Waals surface area contributed by atoms with E-state index in [-0.39, 0.29) is 11.9 Å². The van der Waals surface area contributed by atoms with E-state index in [9.17, 15) is 9.59 Å². The number of hydrogen-bond donors (Lipinski definition) is 0. The van der Waals surface area contributed by atoms with Gasteiger partial charge in [0.05, 0.1) is 25.3 Å². The van der Waals surface area contributed by atoms with Gasteiger partial charge in [0.15, 0.2) is 0 Å². The first-order chi connectivity index (χ1) is 11.0. The van der Waals surface area contributed by atoms with Gasteiger partial charge < -0.3 is 9.47 Å². The van der Waals surface area contributed by atoms with E-state index in [0.717, 1.165) is 16.7 Å². The summed E-state index contributed by atoms with van der Waals surface area (Å²) in [6, 6.07) is 12.7. The average Bonchev–Trinajstić information content (AvgIpc) is 2.60. The lowest BCUT2D eigenvalue weighted by Crippen LogP contribution is -2.03. The number of rotatable bonds is 4. The summed E-state index contributed by atoms with van der Waals surface area (Å²) in [5, 5.41) is 0. The number of esters is 2. The lowest BCUT2D eigenvalue weighted by atomic mass is 10.0. The van der Waals surface area contributed by atoms with Crippen LogP contribution in [0.25, 0.3) is 12.2 Å². The van der Waals surface area contributed by atoms with Gasteiger partial charge in [-0.1, -0.05) is 36.4 Å². The first-order valence-electron chi connectivity index (χ1n) is 7.10. The molecule has 0 saturated heterocycles. The Bertz CT molecular complexity index is 742. The van der Waals surface area contributed by atoms with Gasteiger partial charge in [-0.05, 0) is 41.8 Å². The molecule has 2 rings (SSSR count). The molecule has 0 fully saturated rings. The van der Waals surface area contributed by atoms with Crippen LogP contribution >= 0.6 is 0 Å². The minimum absolute atomic E-state index is 0.347. The molecule has 0 radical (unpaired) electrons. The third kappa shape index (κ3) is 4.07. The molecule has 0 N–H and O–H groups in total. The van der Waals surface area contributed by atoms with Crippen LogP contribution < -0.4 is 0 Å². The molecule has 0 spiro atoms. The van der Waals surface area contributed by atoms with E-state index in [2.05, 4.69) is 4.74 Å². The van der Waals surface area contributed by atoms with Crippen molar-refractivity contribution in [1.29, 1.82) is 0 Å². The summed E-state index contributed by atoms with van der Waals surface area (Å²) in [5.74, 6) is -0.707. The van der Waals surface area contributed by atoms with Gasteiger partial charge in [-0.15, -0.1) is 0 Å². The minimum Gasteiger partial charge on any atom is -0.465 e. The fourth-order valence-electron chi connectivity index (χ4n) is 2.11. The summed E-state index contributed by atoms with van der Waals surface area (Å²) in [4.78, 5) is 23.1. The standard InChI is InChI=1S/C19H18O4/c1-13-4-5-15(12-17(13)19(21)23-3)7-6-14-8-10-16(11-9-14)18(20)22-2/h4-12H,1-3H3/b7-6+. The summed E-state index contributed by atoms with van der Waals surface area (Å²) in [7, 11) is 2.72. The highest BCUT2D eigenvalue weighted by molar-refractivity contribution is 5.92. The molecule has 0 saturated carbocycles. The zero-order valence-corrected chi connectivity index (χ0v) is 13.3. The predicted octanol–water partition coefficient (Wildman–Crippen LogP) is 3.74. The Morgan fingerprint density at radius 1 is 0.826 bits per heavy atom. The highest BCUT2D eigenvalue weighted by Gasteiger charge is 2.09. The van der Waals surface area contributed by atoms with Gasteiger partial charge in [0.1, 0.15) is 0 Å². The van der Waals surface area contributed by atoms with Crippen molar-refractivity contribution in [3.05, 3.63) is 70.3 Å². The fraction of sp³-hybridized carbons (Fsp3) is 0.158. The van der Waals surface area contributed by atoms with E-state index in [1.54, 1.807) is 18.2 Å². The largest absolute Gasteiger partial charge is 0.465 e. The zero-order valence-electron chi connectivity index (χ0n) is 13.3. The molecule has 0 aromatic heterocycles. The van der Waals surface area contributed by atoms with Gasteiger partial charge in [-0.2, -0.15) is 0 Å². The van der Waals surface area contributed by atoms with Gasteiger partial charge in [-0.25, -0.2) is 9.59 Å². The molecule has 0 unspecified atom stereocenters. The van der Waals surface area contributed by atoms with Crippen LogP contribution in [0.5, 0.6) is 0 Å². The zero-order chi connectivity index (χ0) is 16.8. The monoisotopic (exact) mass is 310 g/mol. The van der Waals surface area contributed by atoms with E-state index in [4.69, 9.17) is 4.74 Å². The number of benzene rings is 2. The maximum Gasteiger partial charge on any atom is 0.338 e. The Balaban J connectivity index is 2.20. The normalized spacial score (nSPS) is 10.6. The van der Waals surface area contributed by atoms with Crippen molar-refractivity contribution in [3.8, 4) is 0 Å². The van der Waals surface area contributed by atoms with E-state index in [0.29, 0.717) is 11.1 Å². The van der Waals surface area contributed by atoms with E-state index < -0.39 is 0 Å². The molecule has 4 nitrogen and oxygen atoms in total. The number of carbonyl (C=O) groups is 2. The van der Waals surface area contributed by atoms with Crippen LogP contribution in [-0.4, -0.2) is 26.2 Å². The maximum atomic E-state index is 11.7. The highest BCUT2D eigenvalue weighted by atomic mass is 16.5. The van der Waals surface area contributed by atoms with Crippen LogP contribution in [0.3, 0.4) is 0 Å². The van der Waals surface area contributed by atoms with Gasteiger partial charge in [0.2, 0.25) is 0 Å². The van der Waals surface area contributed by atoms with E-state index in [1.165, 1.54) is 14.2 Å². The smallest absolute Gasteiger partial charge is 0.338 e. The van der Waals surface area contributed by atoms with Gasteiger partial charge >= 0.3 is 11.9 Å². The van der Waals surface area contributed by atoms with Crippen LogP contribution in [0, 0.1) is 6.92 Å². The number of hydrogen-bond acceptors (Lipinski definition) is 4. The first kappa shape index (κ1) is 16.5. The molecule has 23 heavy (non-hydrogen) atoms. The third-order valence-electron chi connectivity index (χ3n) is 3.47. The average molecular weight is 310 g/mol. The highest BCUT2D eigenvalue weighted by Crippen LogP contribution is 2.15. The summed E-state index contributed by atoms with van der Waals surface area (Å²) in [6.45, 7) is 1.87. The molecule has 0 atom stereocenters. The molecule has 118 valence electrons. The van der Waals surface area contributed by atoms with Crippen molar-refractivity contribution in [2.75, 3.05) is 14.2 Å². The van der Waals surface area contributed by atoms with Crippen molar-refractivity contribution in [2.45, 2.75) is 6.92 Å². The Hall–Kier alpha value is -2.88. The topological polar surface area (TPSA) is 52.6 Å². The molecular formula is C19H18O4. The van der Waals surface area contributed by atoms with E-state index >= 15 is 0 Å². The molecule has 2 aromatic carbocycles. The maximum absolute atomic E-state index is 11.7. The SMILES string of the molecule is COC(=O)c1ccc(/C=C/c2ccc(C)c(C(=O)OC)c2)cc1. The van der Waals surface area contributed by atoms with Crippen molar-refractivity contribution in [2.24, 2.45) is 0 Å². The number of aryl methyl sites for hydroxylation is 1. The van der Waals surface area contributed by atoms with Gasteiger partial charge in [0.25, 0.3) is 0 Å². The summed E-state index contributed by atoms with van der Waals surface area (Å²) in [5.41, 5.74) is 3.77. The summed E-state index contributed by atoms with van der Waals surface area (Å²) < 4.78 is 9.44. The Morgan fingerprint density at radius 2 is 1.39 bits per heavy atom. The fourth-order valence-corrected chi connectivity index (χ4v) is 2.11. The Kier molecular flexibility index (Phi) is 5.31. The van der Waals surface area contributed by atoms with Crippen molar-refractivity contribution in [3.63, 3.8) is 0 Å². The van der Waals surface area contributed by atoms with Gasteiger partial charge in [-0.3, -0.25) is 0 Å². The van der Waals surface area contributed by atoms with Crippen LogP contribution in [-0.2, 0) is 9.47 Å². The predicted molar refractivity (Wildman–Crippen MR) is 89.2 cm³/mol. The molecule has 0 aliphatic carbocycles. The molecule has 0 bridgehead atoms. The number of methoxy groups -OCH3 is 2. The van der Waals surface area contributed by atoms with Gasteiger partial charge in [0, 0.05) is 0 Å². The van der Waals surface area contributed by atoms with Crippen molar-refractivity contribution >= 4 is 24.1 Å². The first-order valence-corrected chi connectivity index (χ1v) is 7.10. The lowest BCUT2D eigenvalue weighted by Gasteiger charge is -2.05. The number of ether oxygens (including phenoxy) is 2. The third-order valence-corrected chi connectivity index (χ3v) is 3.47. The second-order valence-corrected chi connectivity index (χ2v) is 5.01. The molecular weight excluding hydrogens is 292 g/mol. The van der Waals surface area contributed by atoms with Crippen LogP contribution in [0.15, 0.2) is 42.5 Å². The summed E-state index contributed by atoms with van der Waals surface area (Å²) >= 11 is 0. The number of carbonyl (C=O) groups excluding carboxylic acids is 2. The molecule has 2 aromatic rings. The molecule has 0 heterocycles. The van der Waals surface area contributed by atoms with Crippen molar-refractivity contribution < 1.29 is 19.1 Å². The minimum atomic E-state index is -0.359. The second-order valence-electron chi connectivity index (χ2n) is 5.01. The quantitative estimate of drug-likeness (QED) is 0.637. The van der Waals surface area contributed by atoms with Crippen LogP contribution in [0.1, 0.15) is 37.4 Å². The second kappa shape index (κ2) is 7.40. The molecule has 0 aliphatic heterocycles. The Morgan fingerprint density at radius 3 is 2.00 bits per heavy atom. The van der Waals surface area contributed by atoms with Crippen molar-refractivity contribution in [1.82, 2.24) is 0 Å². The Labute approximate surface area is 135 Å². The molecule has 0 amide bonds. The van der Waals surface area contributed by atoms with E-state index in [1.807, 2.05) is 43.3 Å².